The molecular formula is C14H19N5OS. The fourth-order valence-electron chi connectivity index (χ4n) is 2.25. The maximum Gasteiger partial charge on any atom is 0.242 e. The smallest absolute Gasteiger partial charge is 0.242 e. The van der Waals surface area contributed by atoms with Crippen molar-refractivity contribution in [3.63, 3.8) is 0 Å². The van der Waals surface area contributed by atoms with Crippen molar-refractivity contribution in [1.82, 2.24) is 19.2 Å². The number of hydrogen-bond acceptors (Lipinski definition) is 5. The van der Waals surface area contributed by atoms with Gasteiger partial charge < -0.3 is 10.5 Å². The van der Waals surface area contributed by atoms with Crippen LogP contribution in [0.15, 0.2) is 24.0 Å². The molecule has 0 bridgehead atoms. The van der Waals surface area contributed by atoms with Gasteiger partial charge in [0.15, 0.2) is 10.7 Å². The number of fused-ring (bicyclic) bond motifs is 1. The van der Waals surface area contributed by atoms with Crippen LogP contribution in [0.5, 0.6) is 11.6 Å². The van der Waals surface area contributed by atoms with E-state index in [4.69, 9.17) is 10.5 Å². The van der Waals surface area contributed by atoms with Crippen molar-refractivity contribution in [2.45, 2.75) is 39.3 Å². The molecule has 0 radical (unpaired) electrons. The fraction of sp³-hybridized carbons (Fsp3) is 0.429. The van der Waals surface area contributed by atoms with Gasteiger partial charge >= 0.3 is 0 Å². The Hall–Kier alpha value is -1.86. The molecule has 112 valence electrons. The van der Waals surface area contributed by atoms with Crippen LogP contribution >= 0.6 is 11.3 Å². The predicted octanol–water partition coefficient (Wildman–Crippen LogP) is 2.68. The molecular weight excluding hydrogens is 286 g/mol. The van der Waals surface area contributed by atoms with Gasteiger partial charge in [0.1, 0.15) is 0 Å². The number of aromatic nitrogens is 4. The molecule has 0 fully saturated rings. The summed E-state index contributed by atoms with van der Waals surface area (Å²) >= 11 is 1.58. The van der Waals surface area contributed by atoms with E-state index in [0.29, 0.717) is 11.6 Å². The quantitative estimate of drug-likeness (QED) is 0.760. The SMILES string of the molecule is CCCn1cc(Oc2nc3sccn3c2CC(C)N)cn1. The van der Waals surface area contributed by atoms with E-state index in [1.54, 1.807) is 17.5 Å². The van der Waals surface area contributed by atoms with Crippen LogP contribution in [-0.2, 0) is 13.0 Å². The van der Waals surface area contributed by atoms with Gasteiger partial charge in [0, 0.05) is 30.6 Å². The highest BCUT2D eigenvalue weighted by Crippen LogP contribution is 2.28. The normalized spacial score (nSPS) is 12.9. The molecule has 2 N–H and O–H groups in total. The number of rotatable bonds is 6. The average molecular weight is 305 g/mol. The van der Waals surface area contributed by atoms with Crippen molar-refractivity contribution in [2.75, 3.05) is 0 Å². The maximum atomic E-state index is 5.94. The third-order valence-corrected chi connectivity index (χ3v) is 3.87. The molecule has 3 aromatic heterocycles. The topological polar surface area (TPSA) is 70.4 Å². The van der Waals surface area contributed by atoms with E-state index in [1.807, 2.05) is 33.8 Å². The van der Waals surface area contributed by atoms with E-state index in [1.165, 1.54) is 0 Å². The van der Waals surface area contributed by atoms with E-state index in [2.05, 4.69) is 17.0 Å². The Morgan fingerprint density at radius 3 is 3.10 bits per heavy atom. The maximum absolute atomic E-state index is 5.94. The van der Waals surface area contributed by atoms with E-state index < -0.39 is 0 Å². The minimum absolute atomic E-state index is 0.0509. The number of nitrogens with zero attached hydrogens (tertiary/aromatic N) is 4. The average Bonchev–Trinajstić information content (AvgIpc) is 3.10. The fourth-order valence-corrected chi connectivity index (χ4v) is 2.97. The molecule has 1 unspecified atom stereocenters. The minimum atomic E-state index is 0.0509. The number of nitrogens with two attached hydrogens (primary N) is 1. The molecule has 0 aromatic carbocycles. The number of hydrogen-bond donors (Lipinski definition) is 1. The Balaban J connectivity index is 1.89. The van der Waals surface area contributed by atoms with Crippen molar-refractivity contribution in [2.24, 2.45) is 5.73 Å². The van der Waals surface area contributed by atoms with E-state index in [0.717, 1.165) is 30.0 Å². The zero-order valence-electron chi connectivity index (χ0n) is 12.2. The van der Waals surface area contributed by atoms with Crippen molar-refractivity contribution in [1.29, 1.82) is 0 Å². The molecule has 7 heteroatoms. The summed E-state index contributed by atoms with van der Waals surface area (Å²) in [5, 5.41) is 6.28. The molecule has 0 spiro atoms. The summed E-state index contributed by atoms with van der Waals surface area (Å²) in [6.07, 6.45) is 7.37. The second kappa shape index (κ2) is 5.87. The highest BCUT2D eigenvalue weighted by atomic mass is 32.1. The van der Waals surface area contributed by atoms with Crippen molar-refractivity contribution < 1.29 is 4.74 Å². The summed E-state index contributed by atoms with van der Waals surface area (Å²) in [6.45, 7) is 4.98. The zero-order valence-corrected chi connectivity index (χ0v) is 13.0. The van der Waals surface area contributed by atoms with Gasteiger partial charge in [-0.1, -0.05) is 6.92 Å². The molecule has 21 heavy (non-hydrogen) atoms. The van der Waals surface area contributed by atoms with Gasteiger partial charge in [-0.3, -0.25) is 9.08 Å². The molecule has 6 nitrogen and oxygen atoms in total. The summed E-state index contributed by atoms with van der Waals surface area (Å²) in [5.74, 6) is 1.33. The first kappa shape index (κ1) is 14.1. The van der Waals surface area contributed by atoms with Crippen LogP contribution in [-0.4, -0.2) is 25.2 Å². The first-order valence-electron chi connectivity index (χ1n) is 7.07. The van der Waals surface area contributed by atoms with Crippen LogP contribution in [0, 0.1) is 0 Å². The second-order valence-corrected chi connectivity index (χ2v) is 6.01. The lowest BCUT2D eigenvalue weighted by molar-refractivity contribution is 0.455. The lowest BCUT2D eigenvalue weighted by Gasteiger charge is -2.07. The number of aryl methyl sites for hydroxylation is 1. The molecule has 3 heterocycles. The van der Waals surface area contributed by atoms with Gasteiger partial charge in [-0.15, -0.1) is 11.3 Å². The van der Waals surface area contributed by atoms with Gasteiger partial charge in [-0.05, 0) is 13.3 Å². The van der Waals surface area contributed by atoms with Crippen LogP contribution in [0.2, 0.25) is 0 Å². The third-order valence-electron chi connectivity index (χ3n) is 3.12. The van der Waals surface area contributed by atoms with Gasteiger partial charge in [-0.25, -0.2) is 0 Å². The van der Waals surface area contributed by atoms with Crippen molar-refractivity contribution >= 4 is 16.3 Å². The molecule has 0 aliphatic rings. The molecule has 0 saturated carbocycles. The number of imidazole rings is 1. The largest absolute Gasteiger partial charge is 0.434 e. The molecule has 1 atom stereocenters. The Morgan fingerprint density at radius 1 is 1.48 bits per heavy atom. The van der Waals surface area contributed by atoms with E-state index in [9.17, 15) is 0 Å². The van der Waals surface area contributed by atoms with Crippen molar-refractivity contribution in [3.8, 4) is 11.6 Å². The Morgan fingerprint density at radius 2 is 2.33 bits per heavy atom. The summed E-state index contributed by atoms with van der Waals surface area (Å²) in [6, 6.07) is 0.0509. The molecule has 3 rings (SSSR count). The zero-order chi connectivity index (χ0) is 14.8. The highest BCUT2D eigenvalue weighted by Gasteiger charge is 2.17. The van der Waals surface area contributed by atoms with Crippen LogP contribution in [0.1, 0.15) is 26.0 Å². The summed E-state index contributed by atoms with van der Waals surface area (Å²) in [5.41, 5.74) is 6.94. The Labute approximate surface area is 127 Å². The van der Waals surface area contributed by atoms with Crippen LogP contribution in [0.4, 0.5) is 0 Å². The van der Waals surface area contributed by atoms with Gasteiger partial charge in [0.2, 0.25) is 5.88 Å². The van der Waals surface area contributed by atoms with Gasteiger partial charge in [-0.2, -0.15) is 10.1 Å². The highest BCUT2D eigenvalue weighted by molar-refractivity contribution is 7.15. The summed E-state index contributed by atoms with van der Waals surface area (Å²) < 4.78 is 9.83. The Bertz CT molecular complexity index is 727. The van der Waals surface area contributed by atoms with Crippen LogP contribution in [0.25, 0.3) is 4.96 Å². The standard InChI is InChI=1S/C14H19N5OS/c1-3-4-18-9-11(8-16-18)20-13-12(7-10(2)15)19-5-6-21-14(19)17-13/h5-6,8-10H,3-4,7,15H2,1-2H3. The van der Waals surface area contributed by atoms with Crippen LogP contribution in [0.3, 0.4) is 0 Å². The molecule has 3 aromatic rings. The van der Waals surface area contributed by atoms with E-state index in [-0.39, 0.29) is 6.04 Å². The Kier molecular flexibility index (Phi) is 3.94. The molecule has 0 aliphatic carbocycles. The minimum Gasteiger partial charge on any atom is -0.434 e. The van der Waals surface area contributed by atoms with E-state index >= 15 is 0 Å². The number of ether oxygens (including phenoxy) is 1. The molecule has 0 amide bonds. The van der Waals surface area contributed by atoms with Gasteiger partial charge in [0.25, 0.3) is 0 Å². The van der Waals surface area contributed by atoms with Crippen molar-refractivity contribution in [3.05, 3.63) is 29.7 Å². The first-order valence-corrected chi connectivity index (χ1v) is 7.95. The second-order valence-electron chi connectivity index (χ2n) is 5.14. The number of thiazole rings is 1. The lowest BCUT2D eigenvalue weighted by Crippen LogP contribution is -2.19. The predicted molar refractivity (Wildman–Crippen MR) is 83.0 cm³/mol. The van der Waals surface area contributed by atoms with Crippen LogP contribution < -0.4 is 10.5 Å². The summed E-state index contributed by atoms with van der Waals surface area (Å²) in [7, 11) is 0. The summed E-state index contributed by atoms with van der Waals surface area (Å²) in [4.78, 5) is 5.46. The lowest BCUT2D eigenvalue weighted by atomic mass is 10.2. The van der Waals surface area contributed by atoms with Gasteiger partial charge in [0.05, 0.1) is 18.1 Å². The monoisotopic (exact) mass is 305 g/mol. The first-order chi connectivity index (χ1) is 10.2. The molecule has 0 aliphatic heterocycles. The third kappa shape index (κ3) is 2.93. The molecule has 0 saturated heterocycles.